The van der Waals surface area contributed by atoms with Gasteiger partial charge in [-0.3, -0.25) is 0 Å². The lowest BCUT2D eigenvalue weighted by atomic mass is 9.89. The fourth-order valence-electron chi connectivity index (χ4n) is 9.85. The molecule has 0 saturated carbocycles. The smallest absolute Gasteiger partial charge is 0.164 e. The van der Waals surface area contributed by atoms with Crippen molar-refractivity contribution >= 4 is 75.7 Å². The van der Waals surface area contributed by atoms with Gasteiger partial charge < -0.3 is 4.57 Å². The summed E-state index contributed by atoms with van der Waals surface area (Å²) in [5.41, 5.74) is 8.48. The predicted octanol–water partition coefficient (Wildman–Crippen LogP) is 15.4. The third-order valence-corrected chi connectivity index (χ3v) is 12.8. The van der Waals surface area contributed by atoms with Crippen molar-refractivity contribution < 1.29 is 0 Å². The quantitative estimate of drug-likeness (QED) is 0.174. The van der Waals surface area contributed by atoms with Crippen molar-refractivity contribution in [3.8, 4) is 51.0 Å². The fourth-order valence-corrected chi connectivity index (χ4v) is 9.85. The predicted molar refractivity (Wildman–Crippen MR) is 263 cm³/mol. The summed E-state index contributed by atoms with van der Waals surface area (Å²) >= 11 is 0. The van der Waals surface area contributed by atoms with Crippen molar-refractivity contribution in [2.24, 2.45) is 0 Å². The van der Waals surface area contributed by atoms with Gasteiger partial charge in [-0.05, 0) is 89.8 Å². The Balaban J connectivity index is 1.21. The average molecular weight is 801 g/mol. The van der Waals surface area contributed by atoms with E-state index in [9.17, 15) is 0 Å². The van der Waals surface area contributed by atoms with Crippen LogP contribution < -0.4 is 0 Å². The summed E-state index contributed by atoms with van der Waals surface area (Å²) in [7, 11) is 0. The number of fused-ring (bicyclic) bond motifs is 8. The Morgan fingerprint density at radius 1 is 0.270 bits per heavy atom. The van der Waals surface area contributed by atoms with Crippen LogP contribution in [0.4, 0.5) is 0 Å². The highest BCUT2D eigenvalue weighted by atomic mass is 15.0. The molecular weight excluding hydrogens is 765 g/mol. The van der Waals surface area contributed by atoms with Crippen LogP contribution in [0.15, 0.2) is 218 Å². The van der Waals surface area contributed by atoms with Gasteiger partial charge in [0, 0.05) is 33.0 Å². The monoisotopic (exact) mass is 800 g/mol. The first kappa shape index (κ1) is 35.3. The van der Waals surface area contributed by atoms with E-state index < -0.39 is 0 Å². The largest absolute Gasteiger partial charge is 0.309 e. The molecule has 0 aliphatic carbocycles. The summed E-state index contributed by atoms with van der Waals surface area (Å²) in [6.07, 6.45) is 0. The minimum absolute atomic E-state index is 0.616. The normalized spacial score (nSPS) is 11.8. The summed E-state index contributed by atoms with van der Waals surface area (Å²) in [5.74, 6) is 1.88. The molecular formula is C59H36N4. The first-order chi connectivity index (χ1) is 31.2. The van der Waals surface area contributed by atoms with Crippen molar-refractivity contribution in [2.45, 2.75) is 0 Å². The molecule has 4 nitrogen and oxygen atoms in total. The van der Waals surface area contributed by atoms with E-state index >= 15 is 0 Å². The van der Waals surface area contributed by atoms with Gasteiger partial charge in [-0.2, -0.15) is 0 Å². The molecule has 0 unspecified atom stereocenters. The van der Waals surface area contributed by atoms with Gasteiger partial charge in [-0.15, -0.1) is 0 Å². The highest BCUT2D eigenvalue weighted by molar-refractivity contribution is 6.19. The molecule has 0 aliphatic rings. The lowest BCUT2D eigenvalue weighted by molar-refractivity contribution is 1.08. The Morgan fingerprint density at radius 3 is 1.30 bits per heavy atom. The molecule has 13 rings (SSSR count). The van der Waals surface area contributed by atoms with E-state index in [1.165, 1.54) is 48.7 Å². The van der Waals surface area contributed by atoms with Gasteiger partial charge >= 0.3 is 0 Å². The number of nitrogens with zero attached hydrogens (tertiary/aromatic N) is 4. The summed E-state index contributed by atoms with van der Waals surface area (Å²) < 4.78 is 2.50. The first-order valence-electron chi connectivity index (χ1n) is 21.4. The maximum absolute atomic E-state index is 5.45. The van der Waals surface area contributed by atoms with Crippen LogP contribution in [-0.2, 0) is 0 Å². The maximum Gasteiger partial charge on any atom is 0.164 e. The maximum atomic E-state index is 5.45. The second kappa shape index (κ2) is 14.1. The van der Waals surface area contributed by atoms with Gasteiger partial charge in [-0.1, -0.05) is 188 Å². The molecule has 0 atom stereocenters. The lowest BCUT2D eigenvalue weighted by Gasteiger charge is -2.21. The summed E-state index contributed by atoms with van der Waals surface area (Å²) in [6, 6.07) is 78.4. The molecule has 13 aromatic rings. The van der Waals surface area contributed by atoms with Gasteiger partial charge in [0.15, 0.2) is 17.5 Å². The van der Waals surface area contributed by atoms with E-state index in [4.69, 9.17) is 15.0 Å². The Kier molecular flexibility index (Phi) is 7.87. The number of benzene rings is 11. The second-order valence-corrected chi connectivity index (χ2v) is 16.4. The zero-order valence-electron chi connectivity index (χ0n) is 34.1. The molecule has 0 spiro atoms. The molecule has 63 heavy (non-hydrogen) atoms. The van der Waals surface area contributed by atoms with Gasteiger partial charge in [0.25, 0.3) is 0 Å². The van der Waals surface area contributed by atoms with Crippen LogP contribution in [0.3, 0.4) is 0 Å². The minimum atomic E-state index is 0.616. The summed E-state index contributed by atoms with van der Waals surface area (Å²) in [4.78, 5) is 16.0. The van der Waals surface area contributed by atoms with Crippen LogP contribution in [0.1, 0.15) is 0 Å². The van der Waals surface area contributed by atoms with Crippen LogP contribution in [-0.4, -0.2) is 19.5 Å². The fraction of sp³-hybridized carbons (Fsp3) is 0. The van der Waals surface area contributed by atoms with E-state index in [1.54, 1.807) is 0 Å². The van der Waals surface area contributed by atoms with Crippen molar-refractivity contribution in [1.82, 2.24) is 19.5 Å². The van der Waals surface area contributed by atoms with Crippen LogP contribution >= 0.6 is 0 Å². The van der Waals surface area contributed by atoms with Gasteiger partial charge in [0.05, 0.1) is 16.7 Å². The molecule has 2 heterocycles. The summed E-state index contributed by atoms with van der Waals surface area (Å²) in [6.45, 7) is 0. The lowest BCUT2D eigenvalue weighted by Crippen LogP contribution is -2.04. The van der Waals surface area contributed by atoms with Crippen LogP contribution in [0, 0.1) is 0 Å². The number of aromatic nitrogens is 4. The molecule has 0 bridgehead atoms. The minimum Gasteiger partial charge on any atom is -0.309 e. The third kappa shape index (κ3) is 5.66. The van der Waals surface area contributed by atoms with Crippen LogP contribution in [0.25, 0.3) is 127 Å². The molecule has 4 heteroatoms. The summed E-state index contributed by atoms with van der Waals surface area (Å²) in [5, 5.41) is 14.0. The second-order valence-electron chi connectivity index (χ2n) is 16.4. The van der Waals surface area contributed by atoms with E-state index in [0.29, 0.717) is 17.5 Å². The van der Waals surface area contributed by atoms with E-state index in [1.807, 2.05) is 18.2 Å². The molecule has 0 amide bonds. The molecule has 292 valence electrons. The van der Waals surface area contributed by atoms with Crippen molar-refractivity contribution in [3.63, 3.8) is 0 Å². The van der Waals surface area contributed by atoms with Crippen molar-refractivity contribution in [3.05, 3.63) is 218 Å². The van der Waals surface area contributed by atoms with E-state index in [2.05, 4.69) is 205 Å². The highest BCUT2D eigenvalue weighted by Crippen LogP contribution is 2.46. The Labute approximate surface area is 363 Å². The molecule has 11 aromatic carbocycles. The standard InChI is InChI=1S/C59H36N4/c1-2-18-39(19-3-1)57-60-58(49-31-15-25-38-17-9-11-27-45(38)49)62-59(61-57)52-36-55(56(48-29-13-12-28-46(48)52)47-30-14-24-37-16-8-10-26-44(37)47)63-53-34-42-22-6-4-20-40(42)32-50(53)51-33-41-21-5-7-23-43(41)35-54(51)63/h1-36H. The number of hydrogen-bond donors (Lipinski definition) is 0. The van der Waals surface area contributed by atoms with Crippen molar-refractivity contribution in [2.75, 3.05) is 0 Å². The first-order valence-corrected chi connectivity index (χ1v) is 21.4. The molecule has 2 aromatic heterocycles. The van der Waals surface area contributed by atoms with E-state index in [0.717, 1.165) is 60.5 Å². The molecule has 0 fully saturated rings. The zero-order valence-corrected chi connectivity index (χ0v) is 34.1. The van der Waals surface area contributed by atoms with Crippen molar-refractivity contribution in [1.29, 1.82) is 0 Å². The van der Waals surface area contributed by atoms with Gasteiger partial charge in [0.1, 0.15) is 0 Å². The van der Waals surface area contributed by atoms with Gasteiger partial charge in [-0.25, -0.2) is 15.0 Å². The molecule has 0 aliphatic heterocycles. The number of rotatable bonds is 5. The van der Waals surface area contributed by atoms with Gasteiger partial charge in [0.2, 0.25) is 0 Å². The topological polar surface area (TPSA) is 43.6 Å². The molecule has 0 saturated heterocycles. The van der Waals surface area contributed by atoms with E-state index in [-0.39, 0.29) is 0 Å². The Bertz CT molecular complexity index is 3870. The Hall–Kier alpha value is -8.47. The molecule has 0 N–H and O–H groups in total. The average Bonchev–Trinajstić information content (AvgIpc) is 3.65. The van der Waals surface area contributed by atoms with Crippen LogP contribution in [0.2, 0.25) is 0 Å². The molecule has 0 radical (unpaired) electrons. The number of hydrogen-bond acceptors (Lipinski definition) is 3. The third-order valence-electron chi connectivity index (χ3n) is 12.8. The SMILES string of the molecule is c1ccc(-c2nc(-c3cccc4ccccc34)nc(-c3cc(-n4c5cc6ccccc6cc5c5cc6ccccc6cc54)c(-c4cccc5ccccc45)c4ccccc34)n2)cc1. The highest BCUT2D eigenvalue weighted by Gasteiger charge is 2.24. The van der Waals surface area contributed by atoms with Crippen LogP contribution in [0.5, 0.6) is 0 Å². The zero-order chi connectivity index (χ0) is 41.4. The Morgan fingerprint density at radius 2 is 0.698 bits per heavy atom.